The quantitative estimate of drug-likeness (QED) is 0.545. The van der Waals surface area contributed by atoms with E-state index in [-0.39, 0.29) is 19.6 Å². The van der Waals surface area contributed by atoms with Crippen LogP contribution in [-0.2, 0) is 19.0 Å². The summed E-state index contributed by atoms with van der Waals surface area (Å²) in [5.41, 5.74) is 0. The molecule has 0 saturated carbocycles. The summed E-state index contributed by atoms with van der Waals surface area (Å²) in [4.78, 5) is 13.1. The van der Waals surface area contributed by atoms with E-state index in [2.05, 4.69) is 6.58 Å². The van der Waals surface area contributed by atoms with Crippen LogP contribution in [0.1, 0.15) is 6.42 Å². The fourth-order valence-corrected chi connectivity index (χ4v) is 2.59. The van der Waals surface area contributed by atoms with Gasteiger partial charge in [0.15, 0.2) is 0 Å². The minimum absolute atomic E-state index is 0.0481. The number of amides is 1. The van der Waals surface area contributed by atoms with Crippen molar-refractivity contribution in [3.63, 3.8) is 0 Å². The number of hydrogen-bond acceptors (Lipinski definition) is 5. The molecule has 0 spiro atoms. The SMILES string of the molecule is C=CCOC(=O)N1C[C@H](OS(C)(=O)=O)C[C@H]1C=CCF. The molecule has 1 saturated heterocycles. The zero-order valence-electron chi connectivity index (χ0n) is 11.2. The van der Waals surface area contributed by atoms with E-state index in [4.69, 9.17) is 8.92 Å². The van der Waals surface area contributed by atoms with Gasteiger partial charge in [-0.05, 0) is 0 Å². The Morgan fingerprint density at radius 3 is 2.80 bits per heavy atom. The summed E-state index contributed by atoms with van der Waals surface area (Å²) in [7, 11) is -3.61. The van der Waals surface area contributed by atoms with Crippen molar-refractivity contribution in [3.8, 4) is 0 Å². The van der Waals surface area contributed by atoms with Crippen LogP contribution < -0.4 is 0 Å². The second kappa shape index (κ2) is 7.39. The molecule has 8 heteroatoms. The Labute approximate surface area is 118 Å². The molecular formula is C12H18FNO5S. The first-order valence-electron chi connectivity index (χ1n) is 6.02. The van der Waals surface area contributed by atoms with Crippen LogP contribution in [0.4, 0.5) is 9.18 Å². The molecule has 1 heterocycles. The average Bonchev–Trinajstić information content (AvgIpc) is 2.74. The maximum Gasteiger partial charge on any atom is 0.410 e. The van der Waals surface area contributed by atoms with Crippen LogP contribution in [-0.4, -0.2) is 57.6 Å². The first kappa shape index (κ1) is 16.6. The van der Waals surface area contributed by atoms with Gasteiger partial charge in [0, 0.05) is 6.42 Å². The van der Waals surface area contributed by atoms with E-state index in [9.17, 15) is 17.6 Å². The lowest BCUT2D eigenvalue weighted by molar-refractivity contribution is 0.109. The molecule has 6 nitrogen and oxygen atoms in total. The van der Waals surface area contributed by atoms with Crippen molar-refractivity contribution in [2.45, 2.75) is 18.6 Å². The Morgan fingerprint density at radius 2 is 2.25 bits per heavy atom. The molecule has 0 N–H and O–H groups in total. The molecule has 114 valence electrons. The lowest BCUT2D eigenvalue weighted by atomic mass is 10.2. The Bertz CT molecular complexity index is 476. The maximum atomic E-state index is 12.2. The zero-order valence-corrected chi connectivity index (χ0v) is 12.0. The summed E-state index contributed by atoms with van der Waals surface area (Å²) in [5, 5.41) is 0. The van der Waals surface area contributed by atoms with Gasteiger partial charge < -0.3 is 4.74 Å². The smallest absolute Gasteiger partial charge is 0.410 e. The minimum Gasteiger partial charge on any atom is -0.445 e. The molecule has 20 heavy (non-hydrogen) atoms. The average molecular weight is 307 g/mol. The third-order valence-electron chi connectivity index (χ3n) is 2.62. The molecular weight excluding hydrogens is 289 g/mol. The van der Waals surface area contributed by atoms with E-state index in [0.29, 0.717) is 0 Å². The van der Waals surface area contributed by atoms with Crippen molar-refractivity contribution < 1.29 is 26.5 Å². The Morgan fingerprint density at radius 1 is 1.55 bits per heavy atom. The van der Waals surface area contributed by atoms with Crippen molar-refractivity contribution in [1.29, 1.82) is 0 Å². The fraction of sp³-hybridized carbons (Fsp3) is 0.583. The van der Waals surface area contributed by atoms with Crippen molar-refractivity contribution in [2.24, 2.45) is 0 Å². The molecule has 0 aromatic rings. The van der Waals surface area contributed by atoms with Gasteiger partial charge in [-0.1, -0.05) is 24.8 Å². The van der Waals surface area contributed by atoms with E-state index in [0.717, 1.165) is 6.26 Å². The fourth-order valence-electron chi connectivity index (χ4n) is 1.96. The van der Waals surface area contributed by atoms with Crippen molar-refractivity contribution in [3.05, 3.63) is 24.8 Å². The summed E-state index contributed by atoms with van der Waals surface area (Å²) >= 11 is 0. The summed E-state index contributed by atoms with van der Waals surface area (Å²) < 4.78 is 44.2. The molecule has 0 bridgehead atoms. The largest absolute Gasteiger partial charge is 0.445 e. The molecule has 0 aromatic carbocycles. The van der Waals surface area contributed by atoms with Crippen LogP contribution in [0.15, 0.2) is 24.8 Å². The minimum atomic E-state index is -3.61. The molecule has 0 aliphatic carbocycles. The molecule has 1 aliphatic heterocycles. The van der Waals surface area contributed by atoms with Crippen LogP contribution in [0.5, 0.6) is 0 Å². The highest BCUT2D eigenvalue weighted by molar-refractivity contribution is 7.86. The predicted molar refractivity (Wildman–Crippen MR) is 71.5 cm³/mol. The topological polar surface area (TPSA) is 72.9 Å². The Hall–Kier alpha value is -1.41. The van der Waals surface area contributed by atoms with E-state index >= 15 is 0 Å². The molecule has 1 rings (SSSR count). The Kier molecular flexibility index (Phi) is 6.15. The number of carbonyl (C=O) groups is 1. The van der Waals surface area contributed by atoms with E-state index in [1.807, 2.05) is 0 Å². The first-order chi connectivity index (χ1) is 9.37. The summed E-state index contributed by atoms with van der Waals surface area (Å²) in [6, 6.07) is -0.449. The number of hydrogen-bond donors (Lipinski definition) is 0. The van der Waals surface area contributed by atoms with Gasteiger partial charge in [0.2, 0.25) is 0 Å². The van der Waals surface area contributed by atoms with Crippen molar-refractivity contribution in [1.82, 2.24) is 4.90 Å². The van der Waals surface area contributed by atoms with Gasteiger partial charge in [-0.15, -0.1) is 0 Å². The molecule has 1 amide bonds. The number of halogens is 1. The maximum absolute atomic E-state index is 12.2. The molecule has 2 atom stereocenters. The van der Waals surface area contributed by atoms with Gasteiger partial charge >= 0.3 is 6.09 Å². The number of rotatable bonds is 6. The highest BCUT2D eigenvalue weighted by Crippen LogP contribution is 2.23. The zero-order chi connectivity index (χ0) is 15.2. The second-order valence-corrected chi connectivity index (χ2v) is 5.93. The van der Waals surface area contributed by atoms with Crippen molar-refractivity contribution in [2.75, 3.05) is 26.1 Å². The third-order valence-corrected chi connectivity index (χ3v) is 3.24. The summed E-state index contributed by atoms with van der Waals surface area (Å²) in [6.45, 7) is 2.89. The second-order valence-electron chi connectivity index (χ2n) is 4.33. The standard InChI is InChI=1S/C12H18FNO5S/c1-3-7-18-12(15)14-9-11(19-20(2,16)17)8-10(14)5-4-6-13/h3-5,10-11H,1,6-9H2,2H3/t10-,11-/m1/s1. The van der Waals surface area contributed by atoms with Gasteiger partial charge in [-0.3, -0.25) is 9.08 Å². The van der Waals surface area contributed by atoms with Gasteiger partial charge in [-0.2, -0.15) is 8.42 Å². The highest BCUT2D eigenvalue weighted by atomic mass is 32.2. The normalized spacial score (nSPS) is 23.2. The lowest BCUT2D eigenvalue weighted by Crippen LogP contribution is -2.35. The van der Waals surface area contributed by atoms with Crippen LogP contribution in [0.25, 0.3) is 0 Å². The number of allylic oxidation sites excluding steroid dienone is 1. The summed E-state index contributed by atoms with van der Waals surface area (Å²) in [5.74, 6) is 0. The van der Waals surface area contributed by atoms with Crippen LogP contribution in [0, 0.1) is 0 Å². The molecule has 1 aliphatic rings. The molecule has 0 unspecified atom stereocenters. The third kappa shape index (κ3) is 5.30. The van der Waals surface area contributed by atoms with Crippen LogP contribution >= 0.6 is 0 Å². The number of carbonyl (C=O) groups excluding carboxylic acids is 1. The van der Waals surface area contributed by atoms with Gasteiger partial charge in [0.05, 0.1) is 24.9 Å². The number of ether oxygens (including phenoxy) is 1. The van der Waals surface area contributed by atoms with Crippen molar-refractivity contribution >= 4 is 16.2 Å². The predicted octanol–water partition coefficient (Wildman–Crippen LogP) is 1.25. The van der Waals surface area contributed by atoms with E-state index in [1.165, 1.54) is 23.1 Å². The highest BCUT2D eigenvalue weighted by Gasteiger charge is 2.36. The van der Waals surface area contributed by atoms with Gasteiger partial charge in [-0.25, -0.2) is 9.18 Å². The van der Waals surface area contributed by atoms with Crippen LogP contribution in [0.3, 0.4) is 0 Å². The van der Waals surface area contributed by atoms with E-state index < -0.39 is 35.0 Å². The molecule has 0 radical (unpaired) electrons. The first-order valence-corrected chi connectivity index (χ1v) is 7.84. The summed E-state index contributed by atoms with van der Waals surface area (Å²) in [6.07, 6.45) is 4.13. The van der Waals surface area contributed by atoms with Gasteiger partial charge in [0.1, 0.15) is 13.3 Å². The number of nitrogens with zero attached hydrogens (tertiary/aromatic N) is 1. The monoisotopic (exact) mass is 307 g/mol. The number of likely N-dealkylation sites (tertiary alicyclic amines) is 1. The number of alkyl halides is 1. The van der Waals surface area contributed by atoms with E-state index in [1.54, 1.807) is 0 Å². The lowest BCUT2D eigenvalue weighted by Gasteiger charge is -2.20. The van der Waals surface area contributed by atoms with Gasteiger partial charge in [0.25, 0.3) is 10.1 Å². The Balaban J connectivity index is 2.75. The molecule has 0 aromatic heterocycles. The molecule has 1 fully saturated rings. The van der Waals surface area contributed by atoms with Crippen LogP contribution in [0.2, 0.25) is 0 Å².